The average molecular weight is 258 g/mol. The third-order valence-electron chi connectivity index (χ3n) is 2.65. The van der Waals surface area contributed by atoms with Crippen molar-refractivity contribution in [2.45, 2.75) is 13.0 Å². The number of benzene rings is 1. The molecule has 1 aromatic heterocycles. The molecule has 1 unspecified atom stereocenters. The van der Waals surface area contributed by atoms with E-state index in [1.54, 1.807) is 12.3 Å². The lowest BCUT2D eigenvalue weighted by molar-refractivity contribution is 0.884. The molecule has 1 aromatic carbocycles. The van der Waals surface area contributed by atoms with Crippen molar-refractivity contribution in [1.29, 1.82) is 5.26 Å². The van der Waals surface area contributed by atoms with Gasteiger partial charge in [0.1, 0.15) is 5.15 Å². The van der Waals surface area contributed by atoms with E-state index in [0.717, 1.165) is 11.3 Å². The summed E-state index contributed by atoms with van der Waals surface area (Å²) in [7, 11) is 0. The lowest BCUT2D eigenvalue weighted by atomic mass is 10.1. The van der Waals surface area contributed by atoms with Gasteiger partial charge in [0.05, 0.1) is 11.6 Å². The van der Waals surface area contributed by atoms with Gasteiger partial charge in [-0.1, -0.05) is 23.7 Å². The zero-order valence-electron chi connectivity index (χ0n) is 9.89. The number of hydrogen-bond acceptors (Lipinski definition) is 3. The molecule has 1 atom stereocenters. The van der Waals surface area contributed by atoms with Crippen molar-refractivity contribution >= 4 is 17.3 Å². The Kier molecular flexibility index (Phi) is 3.81. The summed E-state index contributed by atoms with van der Waals surface area (Å²) < 4.78 is 0. The highest BCUT2D eigenvalue weighted by atomic mass is 35.5. The van der Waals surface area contributed by atoms with E-state index >= 15 is 0 Å². The van der Waals surface area contributed by atoms with Gasteiger partial charge in [-0.05, 0) is 36.8 Å². The van der Waals surface area contributed by atoms with E-state index < -0.39 is 0 Å². The molecule has 0 aliphatic rings. The Bertz CT molecular complexity index is 572. The zero-order chi connectivity index (χ0) is 13.0. The van der Waals surface area contributed by atoms with Crippen LogP contribution in [0.15, 0.2) is 42.6 Å². The number of hydrogen-bond donors (Lipinski definition) is 1. The Balaban J connectivity index is 2.12. The normalized spacial score (nSPS) is 11.6. The summed E-state index contributed by atoms with van der Waals surface area (Å²) in [5.74, 6) is 0. The van der Waals surface area contributed by atoms with Crippen molar-refractivity contribution in [2.75, 3.05) is 5.32 Å². The minimum atomic E-state index is 0.135. The van der Waals surface area contributed by atoms with E-state index in [1.165, 1.54) is 0 Å². The van der Waals surface area contributed by atoms with E-state index in [4.69, 9.17) is 16.9 Å². The molecule has 0 saturated carbocycles. The standard InChI is InChI=1S/C14H12ClN3/c1-10(12-4-2-11(9-16)3-5-12)18-13-6-7-17-14(15)8-13/h2-8,10H,1H3,(H,17,18). The summed E-state index contributed by atoms with van der Waals surface area (Å²) in [5.41, 5.74) is 2.70. The lowest BCUT2D eigenvalue weighted by Crippen LogP contribution is -2.06. The molecule has 18 heavy (non-hydrogen) atoms. The molecule has 0 fully saturated rings. The first-order valence-electron chi connectivity index (χ1n) is 5.57. The molecule has 3 nitrogen and oxygen atoms in total. The van der Waals surface area contributed by atoms with Gasteiger partial charge in [-0.3, -0.25) is 0 Å². The second-order valence-corrected chi connectivity index (χ2v) is 4.35. The van der Waals surface area contributed by atoms with Crippen LogP contribution in [-0.2, 0) is 0 Å². The van der Waals surface area contributed by atoms with E-state index in [9.17, 15) is 0 Å². The first-order valence-corrected chi connectivity index (χ1v) is 5.95. The van der Waals surface area contributed by atoms with Crippen LogP contribution in [0.4, 0.5) is 5.69 Å². The number of halogens is 1. The van der Waals surface area contributed by atoms with Gasteiger partial charge in [0.2, 0.25) is 0 Å². The summed E-state index contributed by atoms with van der Waals surface area (Å²) in [5, 5.41) is 12.5. The van der Waals surface area contributed by atoms with E-state index in [1.807, 2.05) is 30.3 Å². The number of pyridine rings is 1. The maximum atomic E-state index is 8.75. The highest BCUT2D eigenvalue weighted by molar-refractivity contribution is 6.29. The van der Waals surface area contributed by atoms with Crippen LogP contribution in [0.5, 0.6) is 0 Å². The van der Waals surface area contributed by atoms with Crippen molar-refractivity contribution in [3.8, 4) is 6.07 Å². The van der Waals surface area contributed by atoms with Crippen molar-refractivity contribution in [3.05, 3.63) is 58.9 Å². The quantitative estimate of drug-likeness (QED) is 0.852. The molecule has 0 aliphatic carbocycles. The Morgan fingerprint density at radius 1 is 1.28 bits per heavy atom. The molecule has 0 spiro atoms. The Morgan fingerprint density at radius 3 is 2.61 bits per heavy atom. The molecule has 0 amide bonds. The summed E-state index contributed by atoms with van der Waals surface area (Å²) in [6.45, 7) is 2.05. The van der Waals surface area contributed by atoms with Gasteiger partial charge < -0.3 is 5.32 Å². The second-order valence-electron chi connectivity index (χ2n) is 3.97. The second kappa shape index (κ2) is 5.52. The fraction of sp³-hybridized carbons (Fsp3) is 0.143. The molecular formula is C14H12ClN3. The van der Waals surface area contributed by atoms with Crippen LogP contribution >= 0.6 is 11.6 Å². The molecule has 0 radical (unpaired) electrons. The first-order chi connectivity index (χ1) is 8.69. The average Bonchev–Trinajstić information content (AvgIpc) is 2.39. The largest absolute Gasteiger partial charge is 0.378 e. The summed E-state index contributed by atoms with van der Waals surface area (Å²) in [6, 6.07) is 13.4. The summed E-state index contributed by atoms with van der Waals surface area (Å²) >= 11 is 5.83. The van der Waals surface area contributed by atoms with Crippen LogP contribution in [0.1, 0.15) is 24.1 Å². The van der Waals surface area contributed by atoms with Gasteiger partial charge in [-0.25, -0.2) is 4.98 Å². The number of nitriles is 1. The number of rotatable bonds is 3. The molecule has 0 bridgehead atoms. The fourth-order valence-electron chi connectivity index (χ4n) is 1.67. The van der Waals surface area contributed by atoms with Gasteiger partial charge in [0.25, 0.3) is 0 Å². The van der Waals surface area contributed by atoms with Crippen LogP contribution < -0.4 is 5.32 Å². The third-order valence-corrected chi connectivity index (χ3v) is 2.86. The molecule has 90 valence electrons. The molecule has 1 heterocycles. The fourth-order valence-corrected chi connectivity index (χ4v) is 1.85. The third kappa shape index (κ3) is 2.99. The minimum Gasteiger partial charge on any atom is -0.378 e. The lowest BCUT2D eigenvalue weighted by Gasteiger charge is -2.15. The van der Waals surface area contributed by atoms with Crippen molar-refractivity contribution in [2.24, 2.45) is 0 Å². The monoisotopic (exact) mass is 257 g/mol. The number of anilines is 1. The van der Waals surface area contributed by atoms with Crippen molar-refractivity contribution in [1.82, 2.24) is 4.98 Å². The SMILES string of the molecule is CC(Nc1ccnc(Cl)c1)c1ccc(C#N)cc1. The Labute approximate surface area is 111 Å². The van der Waals surface area contributed by atoms with Crippen LogP contribution in [0.2, 0.25) is 5.15 Å². The maximum absolute atomic E-state index is 8.75. The Morgan fingerprint density at radius 2 is 2.00 bits per heavy atom. The van der Waals surface area contributed by atoms with E-state index in [0.29, 0.717) is 10.7 Å². The highest BCUT2D eigenvalue weighted by Crippen LogP contribution is 2.20. The van der Waals surface area contributed by atoms with E-state index in [2.05, 4.69) is 23.3 Å². The molecular weight excluding hydrogens is 246 g/mol. The minimum absolute atomic E-state index is 0.135. The predicted octanol–water partition coefficient (Wildman–Crippen LogP) is 3.78. The highest BCUT2D eigenvalue weighted by Gasteiger charge is 2.05. The number of nitrogens with zero attached hydrogens (tertiary/aromatic N) is 2. The van der Waals surface area contributed by atoms with Gasteiger partial charge in [0.15, 0.2) is 0 Å². The van der Waals surface area contributed by atoms with Crippen molar-refractivity contribution in [3.63, 3.8) is 0 Å². The molecule has 1 N–H and O–H groups in total. The predicted molar refractivity (Wildman–Crippen MR) is 72.4 cm³/mol. The summed E-state index contributed by atoms with van der Waals surface area (Å²) in [4.78, 5) is 3.93. The molecule has 2 aromatic rings. The molecule has 0 aliphatic heterocycles. The van der Waals surface area contributed by atoms with Crippen molar-refractivity contribution < 1.29 is 0 Å². The first kappa shape index (κ1) is 12.4. The smallest absolute Gasteiger partial charge is 0.131 e. The zero-order valence-corrected chi connectivity index (χ0v) is 10.6. The topological polar surface area (TPSA) is 48.7 Å². The molecule has 4 heteroatoms. The summed E-state index contributed by atoms with van der Waals surface area (Å²) in [6.07, 6.45) is 1.66. The van der Waals surface area contributed by atoms with Crippen LogP contribution in [0.3, 0.4) is 0 Å². The van der Waals surface area contributed by atoms with Gasteiger partial charge in [0, 0.05) is 17.9 Å². The van der Waals surface area contributed by atoms with E-state index in [-0.39, 0.29) is 6.04 Å². The van der Waals surface area contributed by atoms with Crippen LogP contribution in [0.25, 0.3) is 0 Å². The van der Waals surface area contributed by atoms with Gasteiger partial charge in [-0.15, -0.1) is 0 Å². The van der Waals surface area contributed by atoms with Gasteiger partial charge >= 0.3 is 0 Å². The number of aromatic nitrogens is 1. The molecule has 0 saturated heterocycles. The van der Waals surface area contributed by atoms with Crippen LogP contribution in [0, 0.1) is 11.3 Å². The Hall–Kier alpha value is -2.05. The molecule has 2 rings (SSSR count). The van der Waals surface area contributed by atoms with Crippen LogP contribution in [-0.4, -0.2) is 4.98 Å². The number of nitrogens with one attached hydrogen (secondary N) is 1. The van der Waals surface area contributed by atoms with Gasteiger partial charge in [-0.2, -0.15) is 5.26 Å². The maximum Gasteiger partial charge on any atom is 0.131 e.